The topological polar surface area (TPSA) is 287 Å². The maximum atomic E-state index is 11.7. The highest BCUT2D eigenvalue weighted by atomic mass is 16.8. The van der Waals surface area contributed by atoms with Crippen molar-refractivity contribution >= 4 is 0 Å². The molecule has 0 aromatic heterocycles. The van der Waals surface area contributed by atoms with E-state index in [2.05, 4.69) is 47.6 Å². The summed E-state index contributed by atoms with van der Waals surface area (Å²) in [5.74, 6) is 0.564. The van der Waals surface area contributed by atoms with Crippen LogP contribution in [-0.2, 0) is 33.2 Å². The second-order valence-corrected chi connectivity index (χ2v) is 23.4. The molecule has 8 aliphatic rings. The zero-order valence-corrected chi connectivity index (χ0v) is 40.2. The summed E-state index contributed by atoms with van der Waals surface area (Å²) < 4.78 is 43.1. The minimum absolute atomic E-state index is 0.0178. The molecule has 0 unspecified atom stereocenters. The molecule has 0 radical (unpaired) electrons. The van der Waals surface area contributed by atoms with Gasteiger partial charge in [-0.25, -0.2) is 0 Å². The molecule has 0 amide bonds. The predicted octanol–water partition coefficient (Wildman–Crippen LogP) is 0.0148. The summed E-state index contributed by atoms with van der Waals surface area (Å²) in [6.45, 7) is 16.5. The van der Waals surface area contributed by atoms with Crippen molar-refractivity contribution in [3.8, 4) is 0 Å². The first-order chi connectivity index (χ1) is 31.4. The zero-order valence-electron chi connectivity index (χ0n) is 40.2. The van der Waals surface area contributed by atoms with Crippen LogP contribution in [0.25, 0.3) is 0 Å². The molecule has 7 fully saturated rings. The molecule has 0 aromatic carbocycles. The molecule has 24 atom stereocenters. The number of allylic oxidation sites excluding steroid dienone is 1. The predicted molar refractivity (Wildman–Crippen MR) is 236 cm³/mol. The number of fused-ring (bicyclic) bond motifs is 6. The summed E-state index contributed by atoms with van der Waals surface area (Å²) in [6.07, 6.45) is -16.6. The van der Waals surface area contributed by atoms with Crippen molar-refractivity contribution in [1.82, 2.24) is 0 Å². The molecule has 3 aliphatic heterocycles. The Morgan fingerprint density at radius 3 is 1.79 bits per heavy atom. The monoisotopic (exact) mass is 957 g/mol. The first-order valence-corrected chi connectivity index (χ1v) is 24.5. The van der Waals surface area contributed by atoms with E-state index in [0.717, 1.165) is 44.9 Å². The Bertz CT molecular complexity index is 1790. The minimum Gasteiger partial charge on any atom is -0.394 e. The van der Waals surface area contributed by atoms with Gasteiger partial charge in [-0.15, -0.1) is 0 Å². The molecule has 8 rings (SSSR count). The highest BCUT2D eigenvalue weighted by molar-refractivity contribution is 5.38. The first kappa shape index (κ1) is 52.1. The number of rotatable bonds is 11. The molecule has 0 bridgehead atoms. The van der Waals surface area contributed by atoms with Gasteiger partial charge in [0.2, 0.25) is 0 Å². The third-order valence-corrected chi connectivity index (χ3v) is 19.1. The van der Waals surface area contributed by atoms with Crippen molar-refractivity contribution in [1.29, 1.82) is 0 Å². The van der Waals surface area contributed by atoms with Crippen molar-refractivity contribution in [2.24, 2.45) is 50.7 Å². The van der Waals surface area contributed by atoms with Gasteiger partial charge >= 0.3 is 0 Å². The minimum atomic E-state index is -1.91. The number of methoxy groups -OCH3 is 1. The molecule has 0 spiro atoms. The fourth-order valence-corrected chi connectivity index (χ4v) is 14.3. The summed E-state index contributed by atoms with van der Waals surface area (Å²) in [4.78, 5) is 0. The third-order valence-electron chi connectivity index (χ3n) is 19.1. The SMILES string of the molecule is C=C1[C@H]2C[C@H](O)C(C)(C)[C@@H]2CC[C@]2(C)[C@@H]1[C@H](OC)C=C1[C@@H]3CC(C)(C)CC[C@]3(CO[C@@H]3O[C@H](CO)[C@@H](O)[C@H](O)[C@H]3O[C@@H]3O[C@H](CO)[C@@H](O)[C@H](O)[C@H]3O[C@@H]3O[C@H](CO)[C@@H](O)[C@H](O)[C@H]3O)CC[C@]12C. The van der Waals surface area contributed by atoms with Crippen molar-refractivity contribution in [3.05, 3.63) is 23.8 Å². The van der Waals surface area contributed by atoms with E-state index < -0.39 is 123 Å². The van der Waals surface area contributed by atoms with Gasteiger partial charge in [0.1, 0.15) is 73.2 Å². The van der Waals surface area contributed by atoms with Crippen molar-refractivity contribution in [2.45, 2.75) is 197 Å². The van der Waals surface area contributed by atoms with Crippen LogP contribution in [0.15, 0.2) is 23.8 Å². The quantitative estimate of drug-likeness (QED) is 0.122. The largest absolute Gasteiger partial charge is 0.394 e. The smallest absolute Gasteiger partial charge is 0.187 e. The molecule has 384 valence electrons. The van der Waals surface area contributed by atoms with Crippen LogP contribution in [0.5, 0.6) is 0 Å². The van der Waals surface area contributed by atoms with Gasteiger partial charge in [-0.2, -0.15) is 0 Å². The van der Waals surface area contributed by atoms with Crippen LogP contribution in [0.4, 0.5) is 0 Å². The standard InChI is InChI=1S/C49H80O18/c1-22-23-15-31(53)46(4,5)24(23)9-10-48(7)32(22)27(61-8)16-25-26-17-45(2,3)11-13-49(26,14-12-47(25,48)6)21-62-43-40(37(58)34(55)29(19-51)64-43)67-44-41(38(59)35(56)30(20-52)65-44)66-42-39(60)36(57)33(54)28(18-50)63-42/h16,23-24,26-44,50-60H,1,9-15,17-21H2,2-8H3/t23-,24-,26+,27-,28-,29-,30-,31+,32+,33-,34-,35-,36+,37+,38+,39-,40-,41-,42+,43-,44+,47-,48-,49-/m1/s1. The maximum absolute atomic E-state index is 11.7. The van der Waals surface area contributed by atoms with Crippen LogP contribution in [0.1, 0.15) is 92.9 Å². The van der Waals surface area contributed by atoms with Crippen LogP contribution in [0.3, 0.4) is 0 Å². The van der Waals surface area contributed by atoms with Crippen molar-refractivity contribution in [2.75, 3.05) is 33.5 Å². The summed E-state index contributed by atoms with van der Waals surface area (Å²) >= 11 is 0. The molecule has 0 aromatic rings. The van der Waals surface area contributed by atoms with E-state index in [0.29, 0.717) is 12.3 Å². The van der Waals surface area contributed by atoms with E-state index in [1.165, 1.54) is 11.1 Å². The molecule has 11 N–H and O–H groups in total. The van der Waals surface area contributed by atoms with Crippen LogP contribution < -0.4 is 0 Å². The van der Waals surface area contributed by atoms with E-state index in [1.54, 1.807) is 7.11 Å². The molecule has 5 aliphatic carbocycles. The molecular formula is C49H80O18. The van der Waals surface area contributed by atoms with Gasteiger partial charge in [0.25, 0.3) is 0 Å². The average molecular weight is 957 g/mol. The molecule has 3 heterocycles. The van der Waals surface area contributed by atoms with Gasteiger partial charge in [0.05, 0.1) is 38.6 Å². The van der Waals surface area contributed by atoms with Gasteiger partial charge < -0.3 is 89.3 Å². The lowest BCUT2D eigenvalue weighted by Crippen LogP contribution is -2.67. The average Bonchev–Trinajstić information content (AvgIpc) is 3.45. The van der Waals surface area contributed by atoms with E-state index in [-0.39, 0.29) is 52.1 Å². The van der Waals surface area contributed by atoms with Gasteiger partial charge in [0.15, 0.2) is 18.9 Å². The Morgan fingerprint density at radius 2 is 1.19 bits per heavy atom. The highest BCUT2D eigenvalue weighted by Crippen LogP contribution is 2.73. The van der Waals surface area contributed by atoms with Gasteiger partial charge in [-0.3, -0.25) is 0 Å². The Balaban J connectivity index is 1.10. The van der Waals surface area contributed by atoms with E-state index in [4.69, 9.17) is 39.7 Å². The van der Waals surface area contributed by atoms with Crippen LogP contribution in [-0.4, -0.2) is 194 Å². The second kappa shape index (κ2) is 19.0. The lowest BCUT2D eigenvalue weighted by molar-refractivity contribution is -0.394. The summed E-state index contributed by atoms with van der Waals surface area (Å²) in [5, 5.41) is 118. The summed E-state index contributed by atoms with van der Waals surface area (Å²) in [5.41, 5.74) is 1.37. The Morgan fingerprint density at radius 1 is 0.657 bits per heavy atom. The van der Waals surface area contributed by atoms with Gasteiger partial charge in [0, 0.05) is 18.4 Å². The molecule has 18 heteroatoms. The Hall–Kier alpha value is -1.24. The molecule has 4 saturated carbocycles. The molecule has 67 heavy (non-hydrogen) atoms. The summed E-state index contributed by atoms with van der Waals surface area (Å²) in [6, 6.07) is 0. The molecule has 3 saturated heterocycles. The Kier molecular flexibility index (Phi) is 14.8. The Labute approximate surface area is 393 Å². The number of hydrogen-bond acceptors (Lipinski definition) is 18. The van der Waals surface area contributed by atoms with E-state index >= 15 is 0 Å². The second-order valence-electron chi connectivity index (χ2n) is 23.4. The first-order valence-electron chi connectivity index (χ1n) is 24.5. The third kappa shape index (κ3) is 8.55. The normalized spacial score (nSPS) is 52.8. The molecular weight excluding hydrogens is 877 g/mol. The maximum Gasteiger partial charge on any atom is 0.187 e. The fourth-order valence-electron chi connectivity index (χ4n) is 14.3. The highest BCUT2D eigenvalue weighted by Gasteiger charge is 2.67. The lowest BCUT2D eigenvalue weighted by Gasteiger charge is -2.66. The van der Waals surface area contributed by atoms with E-state index in [1.807, 2.05) is 0 Å². The lowest BCUT2D eigenvalue weighted by atomic mass is 9.39. The summed E-state index contributed by atoms with van der Waals surface area (Å²) in [7, 11) is 1.77. The zero-order chi connectivity index (χ0) is 48.9. The van der Waals surface area contributed by atoms with Crippen molar-refractivity contribution < 1.29 is 89.3 Å². The van der Waals surface area contributed by atoms with Crippen molar-refractivity contribution in [3.63, 3.8) is 0 Å². The van der Waals surface area contributed by atoms with E-state index in [9.17, 15) is 56.2 Å². The number of aliphatic hydroxyl groups is 11. The number of hydrogen-bond donors (Lipinski definition) is 11. The van der Waals surface area contributed by atoms with Gasteiger partial charge in [-0.1, -0.05) is 65.3 Å². The van der Waals surface area contributed by atoms with Gasteiger partial charge in [-0.05, 0) is 90.8 Å². The molecule has 18 nitrogen and oxygen atoms in total. The van der Waals surface area contributed by atoms with Crippen LogP contribution in [0.2, 0.25) is 0 Å². The van der Waals surface area contributed by atoms with Crippen LogP contribution in [0, 0.1) is 50.7 Å². The fraction of sp³-hybridized carbons (Fsp3) is 0.918. The van der Waals surface area contributed by atoms with Crippen LogP contribution >= 0.6 is 0 Å². The number of ether oxygens (including phenoxy) is 7. The number of aliphatic hydroxyl groups excluding tert-OH is 11.